The highest BCUT2D eigenvalue weighted by Gasteiger charge is 2.05. The second-order valence-electron chi connectivity index (χ2n) is 4.53. The number of benzene rings is 2. The second kappa shape index (κ2) is 8.98. The van der Waals surface area contributed by atoms with Gasteiger partial charge in [-0.15, -0.1) is 6.58 Å². The lowest BCUT2D eigenvalue weighted by atomic mass is 10.2. The molecule has 1 amide bonds. The summed E-state index contributed by atoms with van der Waals surface area (Å²) in [6.45, 7) is 7.54. The van der Waals surface area contributed by atoms with Crippen LogP contribution in [-0.4, -0.2) is 5.91 Å². The summed E-state index contributed by atoms with van der Waals surface area (Å²) in [7, 11) is 0. The van der Waals surface area contributed by atoms with Crippen molar-refractivity contribution in [2.24, 2.45) is 0 Å². The summed E-state index contributed by atoms with van der Waals surface area (Å²) < 4.78 is 0. The van der Waals surface area contributed by atoms with Gasteiger partial charge in [-0.05, 0) is 43.7 Å². The molecule has 0 fully saturated rings. The van der Waals surface area contributed by atoms with Crippen LogP contribution in [0.3, 0.4) is 0 Å². The number of aryl methyl sites for hydroxylation is 1. The van der Waals surface area contributed by atoms with Crippen molar-refractivity contribution in [1.82, 2.24) is 0 Å². The molecule has 0 aromatic heterocycles. The molecule has 0 spiro atoms. The molecule has 2 rings (SSSR count). The average Bonchev–Trinajstić information content (AvgIpc) is 2.50. The zero-order valence-corrected chi connectivity index (χ0v) is 13.2. The fourth-order valence-corrected chi connectivity index (χ4v) is 1.66. The molecule has 0 saturated heterocycles. The fourth-order valence-electron chi connectivity index (χ4n) is 1.47. The number of halogens is 1. The van der Waals surface area contributed by atoms with E-state index in [2.05, 4.69) is 18.8 Å². The van der Waals surface area contributed by atoms with E-state index < -0.39 is 0 Å². The fraction of sp³-hybridized carbons (Fsp3) is 0.167. The molecule has 0 radical (unpaired) electrons. The Kier molecular flexibility index (Phi) is 7.27. The first-order valence-corrected chi connectivity index (χ1v) is 7.19. The zero-order valence-electron chi connectivity index (χ0n) is 12.4. The van der Waals surface area contributed by atoms with Crippen molar-refractivity contribution in [3.63, 3.8) is 0 Å². The van der Waals surface area contributed by atoms with Gasteiger partial charge < -0.3 is 5.32 Å². The predicted octanol–water partition coefficient (Wildman–Crippen LogP) is 5.48. The first-order chi connectivity index (χ1) is 10.1. The molecule has 1 N–H and O–H groups in total. The molecular weight excluding hydrogens is 282 g/mol. The molecule has 110 valence electrons. The average molecular weight is 302 g/mol. The quantitative estimate of drug-likeness (QED) is 0.747. The normalized spacial score (nSPS) is 9.29. The first-order valence-electron chi connectivity index (χ1n) is 6.81. The Bertz CT molecular complexity index is 590. The van der Waals surface area contributed by atoms with Gasteiger partial charge in [-0.1, -0.05) is 48.4 Å². The first kappa shape index (κ1) is 17.0. The molecule has 0 aliphatic heterocycles. The van der Waals surface area contributed by atoms with Crippen LogP contribution in [-0.2, 0) is 0 Å². The highest BCUT2D eigenvalue weighted by atomic mass is 35.5. The van der Waals surface area contributed by atoms with E-state index in [1.807, 2.05) is 37.3 Å². The number of amides is 1. The maximum Gasteiger partial charge on any atom is 0.255 e. The Labute approximate surface area is 131 Å². The Morgan fingerprint density at radius 1 is 1.24 bits per heavy atom. The topological polar surface area (TPSA) is 29.1 Å². The van der Waals surface area contributed by atoms with Crippen LogP contribution in [0.4, 0.5) is 5.69 Å². The van der Waals surface area contributed by atoms with Gasteiger partial charge in [0.25, 0.3) is 5.91 Å². The molecule has 0 saturated carbocycles. The summed E-state index contributed by atoms with van der Waals surface area (Å²) in [5.41, 5.74) is 2.49. The van der Waals surface area contributed by atoms with Crippen LogP contribution in [0.2, 0.25) is 5.02 Å². The highest BCUT2D eigenvalue weighted by molar-refractivity contribution is 6.31. The number of carbonyl (C=O) groups excluding carboxylic acids is 1. The van der Waals surface area contributed by atoms with E-state index >= 15 is 0 Å². The second-order valence-corrected chi connectivity index (χ2v) is 4.96. The van der Waals surface area contributed by atoms with Crippen LogP contribution in [0.1, 0.15) is 29.3 Å². The minimum atomic E-state index is -0.156. The third-order valence-corrected chi connectivity index (χ3v) is 2.92. The molecule has 0 heterocycles. The number of nitrogens with one attached hydrogen (secondary N) is 1. The number of hydrogen-bond donors (Lipinski definition) is 1. The Balaban J connectivity index is 0.000000491. The molecule has 0 unspecified atom stereocenters. The summed E-state index contributed by atoms with van der Waals surface area (Å²) in [6, 6.07) is 14.5. The molecule has 3 heteroatoms. The Morgan fingerprint density at radius 2 is 1.86 bits per heavy atom. The van der Waals surface area contributed by atoms with Gasteiger partial charge in [0.2, 0.25) is 0 Å². The van der Waals surface area contributed by atoms with Gasteiger partial charge in [0, 0.05) is 16.3 Å². The van der Waals surface area contributed by atoms with Crippen LogP contribution < -0.4 is 5.32 Å². The molecule has 2 aromatic rings. The van der Waals surface area contributed by atoms with E-state index in [0.29, 0.717) is 10.6 Å². The largest absolute Gasteiger partial charge is 0.322 e. The van der Waals surface area contributed by atoms with Gasteiger partial charge >= 0.3 is 0 Å². The van der Waals surface area contributed by atoms with Crippen molar-refractivity contribution < 1.29 is 4.79 Å². The van der Waals surface area contributed by atoms with Crippen molar-refractivity contribution >= 4 is 23.2 Å². The van der Waals surface area contributed by atoms with E-state index in [-0.39, 0.29) is 5.91 Å². The summed E-state index contributed by atoms with van der Waals surface area (Å²) >= 11 is 5.83. The molecule has 2 nitrogen and oxygen atoms in total. The van der Waals surface area contributed by atoms with E-state index in [9.17, 15) is 4.79 Å². The number of carbonyl (C=O) groups is 1. The minimum Gasteiger partial charge on any atom is -0.322 e. The Hall–Kier alpha value is -2.06. The maximum atomic E-state index is 11.9. The minimum absolute atomic E-state index is 0.156. The van der Waals surface area contributed by atoms with Crippen LogP contribution >= 0.6 is 11.6 Å². The summed E-state index contributed by atoms with van der Waals surface area (Å²) in [6.07, 6.45) is 2.96. The van der Waals surface area contributed by atoms with Gasteiger partial charge in [0.1, 0.15) is 0 Å². The van der Waals surface area contributed by atoms with Crippen molar-refractivity contribution in [3.05, 3.63) is 77.3 Å². The van der Waals surface area contributed by atoms with Crippen molar-refractivity contribution in [3.8, 4) is 0 Å². The molecule has 0 aliphatic carbocycles. The van der Waals surface area contributed by atoms with E-state index in [1.54, 1.807) is 24.3 Å². The van der Waals surface area contributed by atoms with Crippen LogP contribution in [0, 0.1) is 6.92 Å². The van der Waals surface area contributed by atoms with Gasteiger partial charge in [0.15, 0.2) is 0 Å². The third kappa shape index (κ3) is 6.28. The number of rotatable bonds is 3. The monoisotopic (exact) mass is 301 g/mol. The molecule has 0 atom stereocenters. The van der Waals surface area contributed by atoms with Gasteiger partial charge in [-0.25, -0.2) is 0 Å². The number of hydrogen-bond acceptors (Lipinski definition) is 1. The van der Waals surface area contributed by atoms with Crippen molar-refractivity contribution in [1.29, 1.82) is 0 Å². The van der Waals surface area contributed by atoms with E-state index in [0.717, 1.165) is 17.7 Å². The smallest absolute Gasteiger partial charge is 0.255 e. The zero-order chi connectivity index (χ0) is 15.7. The number of allylic oxidation sites excluding steroid dienone is 1. The highest BCUT2D eigenvalue weighted by Crippen LogP contribution is 2.14. The Morgan fingerprint density at radius 3 is 2.38 bits per heavy atom. The van der Waals surface area contributed by atoms with E-state index in [4.69, 9.17) is 11.6 Å². The SMILES string of the molecule is C=CCC.Cc1ccc(NC(=O)c2cccc(Cl)c2)cc1. The van der Waals surface area contributed by atoms with Crippen LogP contribution in [0.5, 0.6) is 0 Å². The van der Waals surface area contributed by atoms with Crippen LogP contribution in [0.15, 0.2) is 61.2 Å². The molecule has 0 aliphatic rings. The molecule has 2 aromatic carbocycles. The summed E-state index contributed by atoms with van der Waals surface area (Å²) in [4.78, 5) is 11.9. The maximum absolute atomic E-state index is 11.9. The molecule has 21 heavy (non-hydrogen) atoms. The van der Waals surface area contributed by atoms with Crippen molar-refractivity contribution in [2.75, 3.05) is 5.32 Å². The van der Waals surface area contributed by atoms with Crippen LogP contribution in [0.25, 0.3) is 0 Å². The molecular formula is C18H20ClNO. The lowest BCUT2D eigenvalue weighted by molar-refractivity contribution is 0.102. The van der Waals surface area contributed by atoms with E-state index in [1.165, 1.54) is 0 Å². The van der Waals surface area contributed by atoms with Crippen molar-refractivity contribution in [2.45, 2.75) is 20.3 Å². The predicted molar refractivity (Wildman–Crippen MR) is 91.1 cm³/mol. The lowest BCUT2D eigenvalue weighted by Crippen LogP contribution is -2.11. The van der Waals surface area contributed by atoms with Gasteiger partial charge in [-0.2, -0.15) is 0 Å². The number of anilines is 1. The van der Waals surface area contributed by atoms with Gasteiger partial charge in [-0.3, -0.25) is 4.79 Å². The third-order valence-electron chi connectivity index (χ3n) is 2.68. The molecule has 0 bridgehead atoms. The standard InChI is InChI=1S/C14H12ClNO.C4H8/c1-10-5-7-13(8-6-10)16-14(17)11-3-2-4-12(15)9-11;1-3-4-2/h2-9H,1H3,(H,16,17);3H,1,4H2,2H3. The van der Waals surface area contributed by atoms with Gasteiger partial charge in [0.05, 0.1) is 0 Å². The lowest BCUT2D eigenvalue weighted by Gasteiger charge is -2.05. The summed E-state index contributed by atoms with van der Waals surface area (Å²) in [5.74, 6) is -0.156. The summed E-state index contributed by atoms with van der Waals surface area (Å²) in [5, 5.41) is 3.37.